The topological polar surface area (TPSA) is 40.5 Å². The molecule has 0 amide bonds. The fraction of sp³-hybridized carbons (Fsp3) is 0.472. The average Bonchev–Trinajstić information content (AvgIpc) is 3.45. The Bertz CT molecular complexity index is 1240. The van der Waals surface area contributed by atoms with Gasteiger partial charge < -0.3 is 10.0 Å². The normalized spacial score (nSPS) is 14.1. The van der Waals surface area contributed by atoms with Gasteiger partial charge in [-0.25, -0.2) is 4.79 Å². The van der Waals surface area contributed by atoms with Gasteiger partial charge in [-0.05, 0) is 102 Å². The number of aromatic carboxylic acids is 1. The lowest BCUT2D eigenvalue weighted by Crippen LogP contribution is -2.26. The van der Waals surface area contributed by atoms with Crippen LogP contribution >= 0.6 is 0 Å². The molecule has 0 bridgehead atoms. The molecule has 0 unspecified atom stereocenters. The zero-order valence-electron chi connectivity index (χ0n) is 24.7. The van der Waals surface area contributed by atoms with E-state index < -0.39 is 5.97 Å². The van der Waals surface area contributed by atoms with Crippen molar-refractivity contribution in [3.63, 3.8) is 0 Å². The molecule has 0 spiro atoms. The van der Waals surface area contributed by atoms with Crippen LogP contribution in [0.5, 0.6) is 0 Å². The van der Waals surface area contributed by atoms with E-state index in [4.69, 9.17) is 0 Å². The van der Waals surface area contributed by atoms with Gasteiger partial charge in [0.05, 0.1) is 5.56 Å². The number of carboxylic acids is 1. The van der Waals surface area contributed by atoms with Gasteiger partial charge in [0.2, 0.25) is 0 Å². The molecular weight excluding hydrogens is 478 g/mol. The number of anilines is 1. The fourth-order valence-corrected chi connectivity index (χ4v) is 6.24. The number of carboxylic acid groups (broad SMARTS) is 1. The van der Waals surface area contributed by atoms with Gasteiger partial charge in [0.25, 0.3) is 0 Å². The Hall–Kier alpha value is -3.07. The first-order valence-electron chi connectivity index (χ1n) is 15.1. The Morgan fingerprint density at radius 1 is 0.846 bits per heavy atom. The van der Waals surface area contributed by atoms with Crippen LogP contribution in [0.15, 0.2) is 60.7 Å². The number of nitrogens with zero attached hydrogens (tertiary/aromatic N) is 1. The Balaban J connectivity index is 1.71. The lowest BCUT2D eigenvalue weighted by Gasteiger charge is -2.31. The molecule has 1 saturated carbocycles. The summed E-state index contributed by atoms with van der Waals surface area (Å²) in [6.45, 7) is 13.4. The Labute approximate surface area is 236 Å². The van der Waals surface area contributed by atoms with Crippen LogP contribution in [0.25, 0.3) is 22.3 Å². The van der Waals surface area contributed by atoms with Crippen molar-refractivity contribution in [3.05, 3.63) is 77.4 Å². The van der Waals surface area contributed by atoms with Crippen molar-refractivity contribution in [3.8, 4) is 22.3 Å². The Kier molecular flexibility index (Phi) is 9.53. The first-order valence-corrected chi connectivity index (χ1v) is 15.1. The second-order valence-electron chi connectivity index (χ2n) is 12.3. The third-order valence-corrected chi connectivity index (χ3v) is 8.58. The highest BCUT2D eigenvalue weighted by Crippen LogP contribution is 2.38. The van der Waals surface area contributed by atoms with Crippen LogP contribution in [0.2, 0.25) is 0 Å². The lowest BCUT2D eigenvalue weighted by molar-refractivity contribution is 0.0697. The summed E-state index contributed by atoms with van der Waals surface area (Å²) < 4.78 is 0. The van der Waals surface area contributed by atoms with Gasteiger partial charge in [-0.2, -0.15) is 0 Å². The molecule has 208 valence electrons. The van der Waals surface area contributed by atoms with Gasteiger partial charge in [0.15, 0.2) is 0 Å². The maximum atomic E-state index is 11.4. The minimum absolute atomic E-state index is 0.0274. The third kappa shape index (κ3) is 7.12. The largest absolute Gasteiger partial charge is 0.478 e. The zero-order valence-corrected chi connectivity index (χ0v) is 24.7. The molecule has 3 aromatic carbocycles. The maximum Gasteiger partial charge on any atom is 0.335 e. The predicted octanol–water partition coefficient (Wildman–Crippen LogP) is 9.77. The molecule has 0 atom stereocenters. The van der Waals surface area contributed by atoms with E-state index in [0.29, 0.717) is 5.56 Å². The molecule has 0 heterocycles. The average molecular weight is 526 g/mol. The number of carbonyl (C=O) groups is 1. The molecule has 1 aliphatic rings. The van der Waals surface area contributed by atoms with Crippen molar-refractivity contribution >= 4 is 11.7 Å². The minimum Gasteiger partial charge on any atom is -0.478 e. The number of benzene rings is 3. The standard InChI is InChI=1S/C36H47NO2/c1-6-37(7-2)34-23-22-31(25-33(34)36(3,4)5)32-24-30(27-16-19-29(20-17-27)35(38)39)21-18-28(32)15-11-10-14-26-12-8-9-13-26/h16-26H,6-15H2,1-5H3,(H,38,39). The smallest absolute Gasteiger partial charge is 0.335 e. The number of hydrogen-bond donors (Lipinski definition) is 1. The Morgan fingerprint density at radius 3 is 2.10 bits per heavy atom. The van der Waals surface area contributed by atoms with E-state index in [1.807, 2.05) is 12.1 Å². The molecule has 0 aliphatic heterocycles. The number of unbranched alkanes of at least 4 members (excludes halogenated alkanes) is 1. The summed E-state index contributed by atoms with van der Waals surface area (Å²) in [6, 6.07) is 21.1. The van der Waals surface area contributed by atoms with Crippen molar-refractivity contribution in [1.82, 2.24) is 0 Å². The molecule has 3 heteroatoms. The van der Waals surface area contributed by atoms with Crippen LogP contribution in [-0.4, -0.2) is 24.2 Å². The van der Waals surface area contributed by atoms with E-state index in [2.05, 4.69) is 75.9 Å². The van der Waals surface area contributed by atoms with Gasteiger partial charge in [-0.15, -0.1) is 0 Å². The van der Waals surface area contributed by atoms with E-state index in [-0.39, 0.29) is 5.41 Å². The van der Waals surface area contributed by atoms with E-state index in [1.165, 1.54) is 72.9 Å². The molecule has 1 aliphatic carbocycles. The third-order valence-electron chi connectivity index (χ3n) is 8.58. The van der Waals surface area contributed by atoms with Gasteiger partial charge in [0.1, 0.15) is 0 Å². The molecule has 1 N–H and O–H groups in total. The molecule has 4 rings (SSSR count). The predicted molar refractivity (Wildman–Crippen MR) is 166 cm³/mol. The number of hydrogen-bond acceptors (Lipinski definition) is 2. The maximum absolute atomic E-state index is 11.4. The van der Waals surface area contributed by atoms with Crippen LogP contribution in [0.4, 0.5) is 5.69 Å². The lowest BCUT2D eigenvalue weighted by atomic mass is 9.82. The summed E-state index contributed by atoms with van der Waals surface area (Å²) in [5, 5.41) is 9.33. The highest BCUT2D eigenvalue weighted by Gasteiger charge is 2.22. The second-order valence-corrected chi connectivity index (χ2v) is 12.3. The summed E-state index contributed by atoms with van der Waals surface area (Å²) in [5.74, 6) is 0.0563. The molecule has 39 heavy (non-hydrogen) atoms. The van der Waals surface area contributed by atoms with Gasteiger partial charge in [0, 0.05) is 18.8 Å². The van der Waals surface area contributed by atoms with Crippen molar-refractivity contribution in [2.24, 2.45) is 5.92 Å². The molecule has 3 aromatic rings. The van der Waals surface area contributed by atoms with Crippen molar-refractivity contribution in [2.75, 3.05) is 18.0 Å². The Morgan fingerprint density at radius 2 is 1.49 bits per heavy atom. The number of aryl methyl sites for hydroxylation is 1. The highest BCUT2D eigenvalue weighted by molar-refractivity contribution is 5.88. The van der Waals surface area contributed by atoms with Crippen LogP contribution < -0.4 is 4.90 Å². The van der Waals surface area contributed by atoms with E-state index in [9.17, 15) is 9.90 Å². The van der Waals surface area contributed by atoms with Crippen molar-refractivity contribution in [2.45, 2.75) is 91.4 Å². The van der Waals surface area contributed by atoms with Crippen LogP contribution in [0, 0.1) is 5.92 Å². The monoisotopic (exact) mass is 525 g/mol. The van der Waals surface area contributed by atoms with E-state index in [1.54, 1.807) is 12.1 Å². The van der Waals surface area contributed by atoms with Gasteiger partial charge in [-0.3, -0.25) is 0 Å². The van der Waals surface area contributed by atoms with Crippen molar-refractivity contribution < 1.29 is 9.90 Å². The first kappa shape index (κ1) is 28.9. The molecule has 0 radical (unpaired) electrons. The van der Waals surface area contributed by atoms with Crippen LogP contribution in [-0.2, 0) is 11.8 Å². The van der Waals surface area contributed by atoms with Crippen LogP contribution in [0.1, 0.15) is 101 Å². The molecule has 0 saturated heterocycles. The summed E-state index contributed by atoms with van der Waals surface area (Å²) in [7, 11) is 0. The molecular formula is C36H47NO2. The minimum atomic E-state index is -0.891. The number of rotatable bonds is 11. The van der Waals surface area contributed by atoms with E-state index >= 15 is 0 Å². The van der Waals surface area contributed by atoms with Gasteiger partial charge in [-0.1, -0.05) is 89.6 Å². The zero-order chi connectivity index (χ0) is 28.0. The molecule has 1 fully saturated rings. The summed E-state index contributed by atoms with van der Waals surface area (Å²) in [5.41, 5.74) is 9.20. The second kappa shape index (κ2) is 12.9. The summed E-state index contributed by atoms with van der Waals surface area (Å²) in [6.07, 6.45) is 10.7. The fourth-order valence-electron chi connectivity index (χ4n) is 6.24. The summed E-state index contributed by atoms with van der Waals surface area (Å²) >= 11 is 0. The summed E-state index contributed by atoms with van der Waals surface area (Å²) in [4.78, 5) is 13.8. The first-order chi connectivity index (χ1) is 18.7. The SMILES string of the molecule is CCN(CC)c1ccc(-c2cc(-c3ccc(C(=O)O)cc3)ccc2CCCCC2CCCC2)cc1C(C)(C)C. The molecule has 0 aromatic heterocycles. The quantitative estimate of drug-likeness (QED) is 0.253. The highest BCUT2D eigenvalue weighted by atomic mass is 16.4. The van der Waals surface area contributed by atoms with Gasteiger partial charge >= 0.3 is 5.97 Å². The van der Waals surface area contributed by atoms with Crippen LogP contribution in [0.3, 0.4) is 0 Å². The van der Waals surface area contributed by atoms with Crippen molar-refractivity contribution in [1.29, 1.82) is 0 Å². The van der Waals surface area contributed by atoms with E-state index in [0.717, 1.165) is 36.6 Å². The molecule has 3 nitrogen and oxygen atoms in total.